The predicted molar refractivity (Wildman–Crippen MR) is 68.3 cm³/mol. The van der Waals surface area contributed by atoms with Gasteiger partial charge in [-0.15, -0.1) is 0 Å². The molecular formula is C10H19AlClLiN2. The van der Waals surface area contributed by atoms with Crippen molar-refractivity contribution in [3.05, 3.63) is 28.8 Å². The Kier molecular flexibility index (Phi) is 10.1. The maximum absolute atomic E-state index is 5.99. The molecule has 2 nitrogen and oxygen atoms in total. The van der Waals surface area contributed by atoms with Crippen molar-refractivity contribution in [1.82, 2.24) is 0 Å². The van der Waals surface area contributed by atoms with E-state index in [9.17, 15) is 0 Å². The number of halogens is 1. The van der Waals surface area contributed by atoms with Crippen molar-refractivity contribution < 1.29 is 24.6 Å². The van der Waals surface area contributed by atoms with Gasteiger partial charge in [-0.3, -0.25) is 0 Å². The Hall–Kier alpha value is 0.400. The Morgan fingerprint density at radius 1 is 1.47 bits per heavy atom. The molecule has 1 aromatic rings. The minimum atomic E-state index is 0. The molecule has 0 atom stereocenters. The van der Waals surface area contributed by atoms with Crippen LogP contribution in [0.15, 0.2) is 18.2 Å². The van der Waals surface area contributed by atoms with E-state index >= 15 is 0 Å². The molecule has 80 valence electrons. The molecule has 0 amide bonds. The van der Waals surface area contributed by atoms with Crippen LogP contribution >= 0.6 is 11.6 Å². The number of anilines is 1. The summed E-state index contributed by atoms with van der Waals surface area (Å²) in [4.78, 5) is 0. The van der Waals surface area contributed by atoms with Gasteiger partial charge in [-0.05, 0) is 31.5 Å². The molecule has 0 saturated heterocycles. The van der Waals surface area contributed by atoms with E-state index in [1.807, 2.05) is 18.2 Å². The number of hydrogen-bond donors (Lipinski definition) is 2. The van der Waals surface area contributed by atoms with Gasteiger partial charge in [-0.25, -0.2) is 0 Å². The van der Waals surface area contributed by atoms with Crippen molar-refractivity contribution in [2.75, 3.05) is 5.32 Å². The van der Waals surface area contributed by atoms with E-state index in [0.717, 1.165) is 16.3 Å². The zero-order chi connectivity index (χ0) is 9.84. The van der Waals surface area contributed by atoms with E-state index in [0.29, 0.717) is 12.6 Å². The van der Waals surface area contributed by atoms with Gasteiger partial charge in [0.15, 0.2) is 0 Å². The first kappa shape index (κ1) is 17.8. The van der Waals surface area contributed by atoms with Gasteiger partial charge in [0.1, 0.15) is 0 Å². The minimum Gasteiger partial charge on any atom is -1.00 e. The summed E-state index contributed by atoms with van der Waals surface area (Å²) in [5.41, 5.74) is 7.58. The van der Waals surface area contributed by atoms with Crippen LogP contribution in [0, 0.1) is 0 Å². The van der Waals surface area contributed by atoms with Gasteiger partial charge in [0, 0.05) is 12.6 Å². The Morgan fingerprint density at radius 3 is 2.53 bits per heavy atom. The summed E-state index contributed by atoms with van der Waals surface area (Å²) >= 11 is 5.99. The van der Waals surface area contributed by atoms with Crippen molar-refractivity contribution in [1.29, 1.82) is 0 Å². The molecule has 1 rings (SSSR count). The summed E-state index contributed by atoms with van der Waals surface area (Å²) in [6.45, 7) is 4.70. The van der Waals surface area contributed by atoms with E-state index in [1.165, 1.54) is 0 Å². The molecule has 0 bridgehead atoms. The average molecular weight is 237 g/mol. The van der Waals surface area contributed by atoms with Gasteiger partial charge >= 0.3 is 36.2 Å². The number of rotatable bonds is 3. The molecule has 0 aliphatic heterocycles. The Balaban J connectivity index is -0.0000000704. The molecule has 3 N–H and O–H groups in total. The SMILES string of the molecule is CC(C)Nc1cc(CN)ccc1Cl.[Al+3].[H-].[H-].[H-].[H-].[Li+]. The maximum Gasteiger partial charge on any atom is 3.00 e. The van der Waals surface area contributed by atoms with Crippen LogP contribution in [-0.2, 0) is 6.54 Å². The number of benzene rings is 1. The number of nitrogens with one attached hydrogen (secondary N) is 1. The molecule has 0 fully saturated rings. The fraction of sp³-hybridized carbons (Fsp3) is 0.400. The molecule has 15 heavy (non-hydrogen) atoms. The van der Waals surface area contributed by atoms with E-state index < -0.39 is 0 Å². The Morgan fingerprint density at radius 2 is 2.07 bits per heavy atom. The van der Waals surface area contributed by atoms with Crippen molar-refractivity contribution in [3.8, 4) is 0 Å². The molecule has 0 saturated carbocycles. The second-order valence-corrected chi connectivity index (χ2v) is 3.72. The smallest absolute Gasteiger partial charge is 1.00 e. The first-order valence-electron chi connectivity index (χ1n) is 4.38. The monoisotopic (exact) mass is 236 g/mol. The van der Waals surface area contributed by atoms with Gasteiger partial charge in [0.25, 0.3) is 0 Å². The first-order valence-corrected chi connectivity index (χ1v) is 4.76. The summed E-state index contributed by atoms with van der Waals surface area (Å²) in [5, 5.41) is 4.00. The number of nitrogens with two attached hydrogens (primary N) is 1. The van der Waals surface area contributed by atoms with Gasteiger partial charge in [0.05, 0.1) is 10.7 Å². The maximum atomic E-state index is 5.99. The molecule has 0 radical (unpaired) electrons. The van der Waals surface area contributed by atoms with E-state index in [-0.39, 0.29) is 41.9 Å². The van der Waals surface area contributed by atoms with E-state index in [4.69, 9.17) is 17.3 Å². The van der Waals surface area contributed by atoms with Crippen molar-refractivity contribution >= 4 is 34.6 Å². The van der Waals surface area contributed by atoms with Crippen LogP contribution in [0.4, 0.5) is 5.69 Å². The topological polar surface area (TPSA) is 38.0 Å². The summed E-state index contributed by atoms with van der Waals surface area (Å²) in [6.07, 6.45) is 0. The fourth-order valence-corrected chi connectivity index (χ4v) is 1.29. The summed E-state index contributed by atoms with van der Waals surface area (Å²) in [6, 6.07) is 6.18. The van der Waals surface area contributed by atoms with Crippen LogP contribution in [0.1, 0.15) is 25.1 Å². The molecular weight excluding hydrogens is 218 g/mol. The zero-order valence-electron chi connectivity index (χ0n) is 13.5. The van der Waals surface area contributed by atoms with Crippen LogP contribution in [0.5, 0.6) is 0 Å². The molecule has 0 aliphatic carbocycles. The van der Waals surface area contributed by atoms with Crippen LogP contribution in [0.2, 0.25) is 5.02 Å². The molecule has 5 heteroatoms. The summed E-state index contributed by atoms with van der Waals surface area (Å²) in [5.74, 6) is 0. The van der Waals surface area contributed by atoms with Gasteiger partial charge in [0.2, 0.25) is 0 Å². The quantitative estimate of drug-likeness (QED) is 0.707. The van der Waals surface area contributed by atoms with Crippen LogP contribution in [0.3, 0.4) is 0 Å². The average Bonchev–Trinajstić information content (AvgIpc) is 2.08. The van der Waals surface area contributed by atoms with E-state index in [1.54, 1.807) is 0 Å². The normalized spacial score (nSPS) is 9.13. The fourth-order valence-electron chi connectivity index (χ4n) is 1.12. The van der Waals surface area contributed by atoms with Gasteiger partial charge < -0.3 is 16.8 Å². The molecule has 0 aromatic heterocycles. The zero-order valence-corrected chi connectivity index (χ0v) is 11.5. The van der Waals surface area contributed by atoms with Crippen molar-refractivity contribution in [3.63, 3.8) is 0 Å². The largest absolute Gasteiger partial charge is 3.00 e. The minimum absolute atomic E-state index is 0. The summed E-state index contributed by atoms with van der Waals surface area (Å²) < 4.78 is 0. The molecule has 0 unspecified atom stereocenters. The molecule has 1 aromatic carbocycles. The number of hydrogen-bond acceptors (Lipinski definition) is 2. The third-order valence-electron chi connectivity index (χ3n) is 1.71. The van der Waals surface area contributed by atoms with Crippen molar-refractivity contribution in [2.24, 2.45) is 5.73 Å². The van der Waals surface area contributed by atoms with Crippen molar-refractivity contribution in [2.45, 2.75) is 26.4 Å². The third-order valence-corrected chi connectivity index (χ3v) is 2.04. The molecule has 0 aliphatic rings. The predicted octanol–water partition coefficient (Wildman–Crippen LogP) is -0.308. The second-order valence-electron chi connectivity index (χ2n) is 3.32. The van der Waals surface area contributed by atoms with Crippen LogP contribution in [0.25, 0.3) is 0 Å². The van der Waals surface area contributed by atoms with Crippen LogP contribution < -0.4 is 29.9 Å². The Bertz CT molecular complexity index is 309. The Labute approximate surface area is 125 Å². The van der Waals surface area contributed by atoms with Crippen LogP contribution in [-0.4, -0.2) is 23.4 Å². The first-order chi connectivity index (χ1) is 6.13. The molecule has 0 spiro atoms. The van der Waals surface area contributed by atoms with E-state index in [2.05, 4.69) is 19.2 Å². The molecule has 0 heterocycles. The summed E-state index contributed by atoms with van der Waals surface area (Å²) in [7, 11) is 0. The van der Waals surface area contributed by atoms with Gasteiger partial charge in [-0.1, -0.05) is 17.7 Å². The third kappa shape index (κ3) is 5.88. The van der Waals surface area contributed by atoms with Gasteiger partial charge in [-0.2, -0.15) is 0 Å². The standard InChI is InChI=1S/C10H15ClN2.Al.Li.4H/c1-7(2)13-10-5-8(6-12)3-4-9(10)11;;;;;;/h3-5,7,13H,6,12H2,1-2H3;;;;;;/q;+3;+1;4*-1. The second kappa shape index (κ2) is 8.54.